The van der Waals surface area contributed by atoms with Crippen LogP contribution in [0.1, 0.15) is 13.3 Å². The van der Waals surface area contributed by atoms with E-state index >= 15 is 0 Å². The number of nitrogens with zero attached hydrogens (tertiary/aromatic N) is 2. The van der Waals surface area contributed by atoms with Gasteiger partial charge in [-0.15, -0.1) is 0 Å². The molecule has 1 aliphatic rings. The van der Waals surface area contributed by atoms with E-state index in [-0.39, 0.29) is 29.3 Å². The number of carboxylic acid groups (broad SMARTS) is 1. The average Bonchev–Trinajstić information content (AvgIpc) is 2.92. The summed E-state index contributed by atoms with van der Waals surface area (Å²) in [6, 6.07) is 5.34. The fourth-order valence-corrected chi connectivity index (χ4v) is 5.75. The average molecular weight is 376 g/mol. The van der Waals surface area contributed by atoms with Gasteiger partial charge in [0.25, 0.3) is 0 Å². The Morgan fingerprint density at radius 1 is 1.17 bits per heavy atom. The van der Waals surface area contributed by atoms with Gasteiger partial charge >= 0.3 is 5.97 Å². The Morgan fingerprint density at radius 3 is 2.17 bits per heavy atom. The highest BCUT2D eigenvalue weighted by atomic mass is 32.2. The summed E-state index contributed by atoms with van der Waals surface area (Å²) in [6.45, 7) is 1.32. The van der Waals surface area contributed by atoms with E-state index in [1.807, 2.05) is 0 Å². The van der Waals surface area contributed by atoms with Crippen LogP contribution in [0.3, 0.4) is 0 Å². The number of sulfonamides is 2. The molecule has 1 unspecified atom stereocenters. The van der Waals surface area contributed by atoms with Crippen LogP contribution in [0, 0.1) is 5.41 Å². The second kappa shape index (κ2) is 6.10. The standard InChI is InChI=1S/C14H20N2O6S2/c1-14(13(17)18)8-9-16(10-14)24(21,22)12-7-5-4-6-11(12)23(19,20)15(2)3/h4-7H,8-10H2,1-3H3,(H,17,18). The second-order valence-electron chi connectivity index (χ2n) is 6.19. The van der Waals surface area contributed by atoms with Crippen LogP contribution in [-0.4, -0.2) is 63.7 Å². The number of benzene rings is 1. The molecule has 24 heavy (non-hydrogen) atoms. The Bertz CT molecular complexity index is 863. The monoisotopic (exact) mass is 376 g/mol. The summed E-state index contributed by atoms with van der Waals surface area (Å²) in [7, 11) is -5.45. The Kier molecular flexibility index (Phi) is 4.79. The van der Waals surface area contributed by atoms with Crippen molar-refractivity contribution in [1.82, 2.24) is 8.61 Å². The van der Waals surface area contributed by atoms with Crippen LogP contribution in [0.5, 0.6) is 0 Å². The fraction of sp³-hybridized carbons (Fsp3) is 0.500. The zero-order chi connectivity index (χ0) is 18.3. The molecule has 0 bridgehead atoms. The molecule has 1 heterocycles. The molecule has 2 rings (SSSR count). The van der Waals surface area contributed by atoms with E-state index in [0.29, 0.717) is 0 Å². The van der Waals surface area contributed by atoms with Gasteiger partial charge in [0.05, 0.1) is 5.41 Å². The summed E-state index contributed by atoms with van der Waals surface area (Å²) in [6.07, 6.45) is 0.171. The lowest BCUT2D eigenvalue weighted by Gasteiger charge is -2.22. The first kappa shape index (κ1) is 18.8. The summed E-state index contributed by atoms with van der Waals surface area (Å²) < 4.78 is 52.5. The van der Waals surface area contributed by atoms with Crippen molar-refractivity contribution in [3.05, 3.63) is 24.3 Å². The van der Waals surface area contributed by atoms with E-state index in [1.165, 1.54) is 45.3 Å². The van der Waals surface area contributed by atoms with Crippen molar-refractivity contribution >= 4 is 26.0 Å². The van der Waals surface area contributed by atoms with Crippen LogP contribution in [0.15, 0.2) is 34.1 Å². The zero-order valence-corrected chi connectivity index (χ0v) is 15.3. The van der Waals surface area contributed by atoms with Gasteiger partial charge in [-0.1, -0.05) is 12.1 Å². The number of rotatable bonds is 5. The molecule has 0 aromatic heterocycles. The molecule has 1 aliphatic heterocycles. The maximum Gasteiger partial charge on any atom is 0.310 e. The van der Waals surface area contributed by atoms with Crippen molar-refractivity contribution in [1.29, 1.82) is 0 Å². The van der Waals surface area contributed by atoms with Gasteiger partial charge in [0.1, 0.15) is 9.79 Å². The maximum atomic E-state index is 12.9. The van der Waals surface area contributed by atoms with E-state index in [9.17, 15) is 26.7 Å². The van der Waals surface area contributed by atoms with Crippen molar-refractivity contribution in [2.75, 3.05) is 27.2 Å². The van der Waals surface area contributed by atoms with Crippen molar-refractivity contribution in [2.45, 2.75) is 23.1 Å². The minimum atomic E-state index is -4.13. The molecule has 10 heteroatoms. The first-order valence-corrected chi connectivity index (χ1v) is 10.1. The predicted molar refractivity (Wildman–Crippen MR) is 86.4 cm³/mol. The van der Waals surface area contributed by atoms with E-state index in [1.54, 1.807) is 0 Å². The molecule has 1 atom stereocenters. The van der Waals surface area contributed by atoms with Gasteiger partial charge in [0, 0.05) is 27.2 Å². The lowest BCUT2D eigenvalue weighted by atomic mass is 9.90. The van der Waals surface area contributed by atoms with Crippen molar-refractivity contribution in [3.63, 3.8) is 0 Å². The quantitative estimate of drug-likeness (QED) is 0.797. The largest absolute Gasteiger partial charge is 0.481 e. The molecular formula is C14H20N2O6S2. The highest BCUT2D eigenvalue weighted by Gasteiger charge is 2.45. The number of aliphatic carboxylic acids is 1. The third-order valence-corrected chi connectivity index (χ3v) is 8.09. The summed E-state index contributed by atoms with van der Waals surface area (Å²) in [5.74, 6) is -1.07. The fourth-order valence-electron chi connectivity index (χ4n) is 2.51. The van der Waals surface area contributed by atoms with Crippen LogP contribution in [0.2, 0.25) is 0 Å². The molecule has 1 fully saturated rings. The summed E-state index contributed by atoms with van der Waals surface area (Å²) in [5, 5.41) is 9.26. The Labute approximate surface area is 141 Å². The third-order valence-electron chi connectivity index (χ3n) is 4.18. The molecular weight excluding hydrogens is 356 g/mol. The van der Waals surface area contributed by atoms with Crippen LogP contribution in [0.25, 0.3) is 0 Å². The SMILES string of the molecule is CN(C)S(=O)(=O)c1ccccc1S(=O)(=O)N1CCC(C)(C(=O)O)C1. The zero-order valence-electron chi connectivity index (χ0n) is 13.6. The summed E-state index contributed by atoms with van der Waals surface area (Å²) in [4.78, 5) is 10.7. The number of hydrogen-bond donors (Lipinski definition) is 1. The smallest absolute Gasteiger partial charge is 0.310 e. The minimum Gasteiger partial charge on any atom is -0.481 e. The van der Waals surface area contributed by atoms with E-state index < -0.39 is 31.4 Å². The van der Waals surface area contributed by atoms with Gasteiger partial charge in [0.15, 0.2) is 0 Å². The van der Waals surface area contributed by atoms with E-state index in [4.69, 9.17) is 0 Å². The molecule has 0 radical (unpaired) electrons. The van der Waals surface area contributed by atoms with Gasteiger partial charge in [-0.25, -0.2) is 21.1 Å². The number of hydrogen-bond acceptors (Lipinski definition) is 5. The molecule has 134 valence electrons. The normalized spacial score (nSPS) is 22.8. The molecule has 0 spiro atoms. The second-order valence-corrected chi connectivity index (χ2v) is 10.2. The highest BCUT2D eigenvalue weighted by Crippen LogP contribution is 2.35. The maximum absolute atomic E-state index is 12.9. The van der Waals surface area contributed by atoms with Gasteiger partial charge in [0.2, 0.25) is 20.0 Å². The minimum absolute atomic E-state index is 0.0292. The molecule has 1 aromatic rings. The Morgan fingerprint density at radius 2 is 1.71 bits per heavy atom. The first-order valence-electron chi connectivity index (χ1n) is 7.18. The van der Waals surface area contributed by atoms with E-state index in [0.717, 1.165) is 8.61 Å². The van der Waals surface area contributed by atoms with Gasteiger partial charge < -0.3 is 5.11 Å². The summed E-state index contributed by atoms with van der Waals surface area (Å²) in [5.41, 5.74) is -1.18. The van der Waals surface area contributed by atoms with Gasteiger partial charge in [-0.2, -0.15) is 4.31 Å². The lowest BCUT2D eigenvalue weighted by Crippen LogP contribution is -2.35. The van der Waals surface area contributed by atoms with Crippen LogP contribution < -0.4 is 0 Å². The highest BCUT2D eigenvalue weighted by molar-refractivity contribution is 7.92. The van der Waals surface area contributed by atoms with Gasteiger partial charge in [-0.05, 0) is 25.5 Å². The molecule has 1 N–H and O–H groups in total. The molecule has 0 aliphatic carbocycles. The lowest BCUT2D eigenvalue weighted by molar-refractivity contribution is -0.146. The Hall–Kier alpha value is -1.49. The third kappa shape index (κ3) is 3.06. The molecule has 8 nitrogen and oxygen atoms in total. The van der Waals surface area contributed by atoms with E-state index in [2.05, 4.69) is 0 Å². The topological polar surface area (TPSA) is 112 Å². The molecule has 1 saturated heterocycles. The molecule has 0 amide bonds. The van der Waals surface area contributed by atoms with Crippen molar-refractivity contribution < 1.29 is 26.7 Å². The molecule has 1 aromatic carbocycles. The number of carboxylic acids is 1. The van der Waals surface area contributed by atoms with Crippen molar-refractivity contribution in [2.24, 2.45) is 5.41 Å². The van der Waals surface area contributed by atoms with Crippen molar-refractivity contribution in [3.8, 4) is 0 Å². The number of carbonyl (C=O) groups is 1. The molecule has 0 saturated carbocycles. The van der Waals surface area contributed by atoms with Crippen LogP contribution in [0.4, 0.5) is 0 Å². The predicted octanol–water partition coefficient (Wildman–Crippen LogP) is 0.422. The Balaban J connectivity index is 2.52. The summed E-state index contributed by atoms with van der Waals surface area (Å²) >= 11 is 0. The first-order chi connectivity index (χ1) is 10.9. The van der Waals surface area contributed by atoms with Crippen LogP contribution in [-0.2, 0) is 24.8 Å². The van der Waals surface area contributed by atoms with Crippen LogP contribution >= 0.6 is 0 Å². The van der Waals surface area contributed by atoms with Gasteiger partial charge in [-0.3, -0.25) is 4.79 Å².